The van der Waals surface area contributed by atoms with E-state index in [1.54, 1.807) is 18.2 Å². The Bertz CT molecular complexity index is 487. The first kappa shape index (κ1) is 15.2. The normalized spacial score (nSPS) is 22.8. The number of benzene rings is 1. The molecule has 3 nitrogen and oxygen atoms in total. The number of nitrogens with one attached hydrogen (secondary N) is 1. The van der Waals surface area contributed by atoms with Crippen LogP contribution >= 0.6 is 11.6 Å². The van der Waals surface area contributed by atoms with Gasteiger partial charge in [-0.2, -0.15) is 0 Å². The molecule has 0 aliphatic heterocycles. The van der Waals surface area contributed by atoms with Crippen LogP contribution in [0.3, 0.4) is 0 Å². The van der Waals surface area contributed by atoms with E-state index in [9.17, 15) is 4.79 Å². The zero-order chi connectivity index (χ0) is 14.7. The zero-order valence-corrected chi connectivity index (χ0v) is 12.9. The van der Waals surface area contributed by atoms with Crippen molar-refractivity contribution in [2.75, 3.05) is 5.73 Å². The second-order valence-electron chi connectivity index (χ2n) is 6.00. The molecule has 2 unspecified atom stereocenters. The van der Waals surface area contributed by atoms with E-state index in [1.165, 1.54) is 19.3 Å². The highest BCUT2D eigenvalue weighted by Crippen LogP contribution is 2.30. The number of hydrogen-bond donors (Lipinski definition) is 2. The van der Waals surface area contributed by atoms with Crippen molar-refractivity contribution in [3.63, 3.8) is 0 Å². The molecule has 1 aromatic carbocycles. The Hall–Kier alpha value is -1.22. The Kier molecular flexibility index (Phi) is 4.92. The first-order chi connectivity index (χ1) is 9.49. The van der Waals surface area contributed by atoms with Crippen molar-refractivity contribution in [1.29, 1.82) is 0 Å². The summed E-state index contributed by atoms with van der Waals surface area (Å²) in [6.07, 6.45) is 4.68. The van der Waals surface area contributed by atoms with Gasteiger partial charge in [-0.15, -0.1) is 0 Å². The molecule has 3 N–H and O–H groups in total. The minimum absolute atomic E-state index is 0.109. The van der Waals surface area contributed by atoms with Crippen molar-refractivity contribution < 1.29 is 4.79 Å². The van der Waals surface area contributed by atoms with Crippen molar-refractivity contribution in [3.8, 4) is 0 Å². The average molecular weight is 295 g/mol. The average Bonchev–Trinajstić information content (AvgIpc) is 2.41. The number of nitrogen functional groups attached to an aromatic ring is 1. The predicted molar refractivity (Wildman–Crippen MR) is 83.9 cm³/mol. The minimum atomic E-state index is -0.109. The standard InChI is InChI=1S/C16H23ClN2O/c1-10(2)12-5-3-4-6-15(12)19-16(20)13-9-11(17)7-8-14(13)18/h7-10,12,15H,3-6,18H2,1-2H3,(H,19,20). The van der Waals surface area contributed by atoms with Crippen LogP contribution < -0.4 is 11.1 Å². The maximum atomic E-state index is 12.4. The highest BCUT2D eigenvalue weighted by atomic mass is 35.5. The first-order valence-electron chi connectivity index (χ1n) is 7.35. The van der Waals surface area contributed by atoms with E-state index in [-0.39, 0.29) is 11.9 Å². The third-order valence-electron chi connectivity index (χ3n) is 4.25. The SMILES string of the molecule is CC(C)C1CCCCC1NC(=O)c1cc(Cl)ccc1N. The first-order valence-corrected chi connectivity index (χ1v) is 7.72. The Labute approximate surface area is 125 Å². The summed E-state index contributed by atoms with van der Waals surface area (Å²) in [6, 6.07) is 5.26. The van der Waals surface area contributed by atoms with E-state index in [1.807, 2.05) is 0 Å². The number of rotatable bonds is 3. The zero-order valence-electron chi connectivity index (χ0n) is 12.2. The van der Waals surface area contributed by atoms with E-state index >= 15 is 0 Å². The lowest BCUT2D eigenvalue weighted by atomic mass is 9.78. The van der Waals surface area contributed by atoms with E-state index in [2.05, 4.69) is 19.2 Å². The molecule has 4 heteroatoms. The van der Waals surface area contributed by atoms with Gasteiger partial charge in [0.15, 0.2) is 0 Å². The number of amides is 1. The highest BCUT2D eigenvalue weighted by molar-refractivity contribution is 6.31. The maximum absolute atomic E-state index is 12.4. The van der Waals surface area contributed by atoms with E-state index in [4.69, 9.17) is 17.3 Å². The van der Waals surface area contributed by atoms with E-state index < -0.39 is 0 Å². The van der Waals surface area contributed by atoms with Gasteiger partial charge in [0.2, 0.25) is 0 Å². The lowest BCUT2D eigenvalue weighted by Crippen LogP contribution is -2.44. The minimum Gasteiger partial charge on any atom is -0.398 e. The van der Waals surface area contributed by atoms with Gasteiger partial charge in [-0.1, -0.05) is 38.3 Å². The Balaban J connectivity index is 2.11. The number of halogens is 1. The van der Waals surface area contributed by atoms with Crippen molar-refractivity contribution in [2.24, 2.45) is 11.8 Å². The molecular formula is C16H23ClN2O. The fourth-order valence-corrected chi connectivity index (χ4v) is 3.28. The smallest absolute Gasteiger partial charge is 0.253 e. The second-order valence-corrected chi connectivity index (χ2v) is 6.44. The van der Waals surface area contributed by atoms with Crippen LogP contribution in [0.15, 0.2) is 18.2 Å². The van der Waals surface area contributed by atoms with Crippen molar-refractivity contribution >= 4 is 23.2 Å². The van der Waals surface area contributed by atoms with Crippen LogP contribution in [0.2, 0.25) is 5.02 Å². The van der Waals surface area contributed by atoms with Gasteiger partial charge < -0.3 is 11.1 Å². The molecule has 1 saturated carbocycles. The molecule has 110 valence electrons. The summed E-state index contributed by atoms with van der Waals surface area (Å²) in [5.74, 6) is 1.02. The summed E-state index contributed by atoms with van der Waals surface area (Å²) in [5, 5.41) is 3.69. The molecule has 20 heavy (non-hydrogen) atoms. The van der Waals surface area contributed by atoms with Crippen LogP contribution in [0.4, 0.5) is 5.69 Å². The number of carbonyl (C=O) groups is 1. The number of carbonyl (C=O) groups excluding carboxylic acids is 1. The van der Waals surface area contributed by atoms with Crippen LogP contribution in [-0.2, 0) is 0 Å². The molecule has 0 aromatic heterocycles. The summed E-state index contributed by atoms with van der Waals surface area (Å²) < 4.78 is 0. The van der Waals surface area contributed by atoms with Gasteiger partial charge in [0.25, 0.3) is 5.91 Å². The van der Waals surface area contributed by atoms with Gasteiger partial charge in [0, 0.05) is 16.8 Å². The molecule has 0 saturated heterocycles. The Morgan fingerprint density at radius 2 is 2.05 bits per heavy atom. The third kappa shape index (κ3) is 3.45. The second kappa shape index (κ2) is 6.49. The highest BCUT2D eigenvalue weighted by Gasteiger charge is 2.29. The lowest BCUT2D eigenvalue weighted by molar-refractivity contribution is 0.0890. The summed E-state index contributed by atoms with van der Waals surface area (Å²) in [7, 11) is 0. The summed E-state index contributed by atoms with van der Waals surface area (Å²) in [5.41, 5.74) is 6.82. The fourth-order valence-electron chi connectivity index (χ4n) is 3.11. The molecule has 1 fully saturated rings. The summed E-state index contributed by atoms with van der Waals surface area (Å²) >= 11 is 5.95. The number of anilines is 1. The molecule has 2 rings (SSSR count). The number of hydrogen-bond acceptors (Lipinski definition) is 2. The van der Waals surface area contributed by atoms with Crippen LogP contribution in [0.5, 0.6) is 0 Å². The quantitative estimate of drug-likeness (QED) is 0.832. The van der Waals surface area contributed by atoms with Crippen molar-refractivity contribution in [2.45, 2.75) is 45.6 Å². The number of nitrogens with two attached hydrogens (primary N) is 1. The summed E-state index contributed by atoms with van der Waals surface area (Å²) in [4.78, 5) is 12.4. The molecule has 0 radical (unpaired) electrons. The van der Waals surface area contributed by atoms with Gasteiger partial charge in [0.1, 0.15) is 0 Å². The third-order valence-corrected chi connectivity index (χ3v) is 4.49. The van der Waals surface area contributed by atoms with Crippen LogP contribution in [0.1, 0.15) is 49.9 Å². The van der Waals surface area contributed by atoms with E-state index in [0.717, 1.165) is 6.42 Å². The van der Waals surface area contributed by atoms with Crippen LogP contribution in [0.25, 0.3) is 0 Å². The molecular weight excluding hydrogens is 272 g/mol. The van der Waals surface area contributed by atoms with Crippen molar-refractivity contribution in [1.82, 2.24) is 5.32 Å². The monoisotopic (exact) mass is 294 g/mol. The fraction of sp³-hybridized carbons (Fsp3) is 0.562. The largest absolute Gasteiger partial charge is 0.398 e. The lowest BCUT2D eigenvalue weighted by Gasteiger charge is -2.35. The van der Waals surface area contributed by atoms with Gasteiger partial charge >= 0.3 is 0 Å². The van der Waals surface area contributed by atoms with E-state index in [0.29, 0.717) is 28.1 Å². The molecule has 1 amide bonds. The van der Waals surface area contributed by atoms with Crippen LogP contribution in [0, 0.1) is 11.8 Å². The molecule has 0 heterocycles. The topological polar surface area (TPSA) is 55.1 Å². The van der Waals surface area contributed by atoms with Gasteiger partial charge in [-0.3, -0.25) is 4.79 Å². The Morgan fingerprint density at radius 3 is 2.75 bits per heavy atom. The summed E-state index contributed by atoms with van der Waals surface area (Å²) in [6.45, 7) is 4.45. The molecule has 1 aliphatic rings. The van der Waals surface area contributed by atoms with Crippen molar-refractivity contribution in [3.05, 3.63) is 28.8 Å². The molecule has 1 aromatic rings. The predicted octanol–water partition coefficient (Wildman–Crippen LogP) is 3.87. The van der Waals surface area contributed by atoms with Gasteiger partial charge in [-0.25, -0.2) is 0 Å². The molecule has 0 spiro atoms. The molecule has 2 atom stereocenters. The van der Waals surface area contributed by atoms with Gasteiger partial charge in [-0.05, 0) is 42.9 Å². The van der Waals surface area contributed by atoms with Crippen LogP contribution in [-0.4, -0.2) is 11.9 Å². The van der Waals surface area contributed by atoms with Gasteiger partial charge in [0.05, 0.1) is 5.56 Å². The Morgan fingerprint density at radius 1 is 1.35 bits per heavy atom. The molecule has 1 aliphatic carbocycles. The molecule has 0 bridgehead atoms. The maximum Gasteiger partial charge on any atom is 0.253 e.